The second-order valence-electron chi connectivity index (χ2n) is 8.54. The number of aromatic nitrogens is 3. The van der Waals surface area contributed by atoms with Crippen LogP contribution in [0.3, 0.4) is 0 Å². The van der Waals surface area contributed by atoms with Gasteiger partial charge in [-0.2, -0.15) is 0 Å². The molecule has 1 aromatic heterocycles. The number of rotatable bonds is 3. The van der Waals surface area contributed by atoms with Crippen molar-refractivity contribution in [2.24, 2.45) is 0 Å². The molecule has 3 aliphatic rings. The van der Waals surface area contributed by atoms with E-state index in [1.165, 1.54) is 5.56 Å². The number of hydrogen-bond donors (Lipinski definition) is 0. The van der Waals surface area contributed by atoms with Crippen molar-refractivity contribution in [3.05, 3.63) is 40.4 Å². The summed E-state index contributed by atoms with van der Waals surface area (Å²) < 4.78 is 7.95. The summed E-state index contributed by atoms with van der Waals surface area (Å²) >= 11 is 6.29. The first-order chi connectivity index (χ1) is 14.1. The van der Waals surface area contributed by atoms with Crippen LogP contribution in [0.2, 0.25) is 5.02 Å². The SMILES string of the molecule is COC1Cc2cc(Cl)ccc2-n2c(nnc2[C@H]2CC[C@@H](N3CCCC3=O)CC2)C1. The third-order valence-electron chi connectivity index (χ3n) is 6.84. The van der Waals surface area contributed by atoms with E-state index in [0.717, 1.165) is 80.3 Å². The van der Waals surface area contributed by atoms with Gasteiger partial charge in [0.2, 0.25) is 5.91 Å². The monoisotopic (exact) mass is 414 g/mol. The van der Waals surface area contributed by atoms with Crippen LogP contribution in [0.4, 0.5) is 0 Å². The van der Waals surface area contributed by atoms with Gasteiger partial charge in [-0.25, -0.2) is 0 Å². The molecule has 1 aliphatic carbocycles. The Hall–Kier alpha value is -1.92. The highest BCUT2D eigenvalue weighted by Crippen LogP contribution is 2.38. The van der Waals surface area contributed by atoms with Crippen LogP contribution in [0, 0.1) is 0 Å². The molecular weight excluding hydrogens is 388 g/mol. The summed E-state index contributed by atoms with van der Waals surface area (Å²) in [4.78, 5) is 14.2. The van der Waals surface area contributed by atoms with Gasteiger partial charge in [-0.05, 0) is 55.9 Å². The van der Waals surface area contributed by atoms with Gasteiger partial charge in [0, 0.05) is 49.9 Å². The minimum Gasteiger partial charge on any atom is -0.381 e. The molecule has 0 radical (unpaired) electrons. The molecule has 0 spiro atoms. The molecule has 3 heterocycles. The van der Waals surface area contributed by atoms with Gasteiger partial charge in [-0.3, -0.25) is 9.36 Å². The van der Waals surface area contributed by atoms with E-state index in [1.54, 1.807) is 7.11 Å². The largest absolute Gasteiger partial charge is 0.381 e. The van der Waals surface area contributed by atoms with E-state index < -0.39 is 0 Å². The zero-order valence-corrected chi connectivity index (χ0v) is 17.6. The fourth-order valence-electron chi connectivity index (χ4n) is 5.31. The maximum atomic E-state index is 12.1. The van der Waals surface area contributed by atoms with E-state index in [9.17, 15) is 4.79 Å². The van der Waals surface area contributed by atoms with Crippen molar-refractivity contribution < 1.29 is 9.53 Å². The topological polar surface area (TPSA) is 60.2 Å². The Kier molecular flexibility index (Phi) is 5.08. The Labute approximate surface area is 176 Å². The Morgan fingerprint density at radius 1 is 1.14 bits per heavy atom. The lowest BCUT2D eigenvalue weighted by atomic mass is 9.84. The molecule has 0 bridgehead atoms. The fourth-order valence-corrected chi connectivity index (χ4v) is 5.51. The highest BCUT2D eigenvalue weighted by atomic mass is 35.5. The molecule has 1 atom stereocenters. The maximum Gasteiger partial charge on any atom is 0.222 e. The fraction of sp³-hybridized carbons (Fsp3) is 0.591. The molecule has 2 aromatic rings. The predicted octanol–water partition coefficient (Wildman–Crippen LogP) is 3.68. The van der Waals surface area contributed by atoms with Crippen molar-refractivity contribution in [1.82, 2.24) is 19.7 Å². The van der Waals surface area contributed by atoms with Crippen LogP contribution in [0.1, 0.15) is 61.7 Å². The van der Waals surface area contributed by atoms with Crippen molar-refractivity contribution in [3.8, 4) is 5.69 Å². The summed E-state index contributed by atoms with van der Waals surface area (Å²) in [6, 6.07) is 6.46. The van der Waals surface area contributed by atoms with Gasteiger partial charge in [-0.1, -0.05) is 11.6 Å². The normalized spacial score (nSPS) is 26.9. The second-order valence-corrected chi connectivity index (χ2v) is 8.98. The van der Waals surface area contributed by atoms with E-state index in [-0.39, 0.29) is 6.10 Å². The number of benzene rings is 1. The average molecular weight is 415 g/mol. The number of methoxy groups -OCH3 is 1. The first kappa shape index (κ1) is 19.1. The van der Waals surface area contributed by atoms with Gasteiger partial charge in [0.15, 0.2) is 0 Å². The van der Waals surface area contributed by atoms with E-state index >= 15 is 0 Å². The number of hydrogen-bond acceptors (Lipinski definition) is 4. The summed E-state index contributed by atoms with van der Waals surface area (Å²) in [7, 11) is 1.75. The Balaban J connectivity index is 1.43. The smallest absolute Gasteiger partial charge is 0.222 e. The summed E-state index contributed by atoms with van der Waals surface area (Å²) in [6.07, 6.45) is 7.55. The van der Waals surface area contributed by atoms with Crippen molar-refractivity contribution >= 4 is 17.5 Å². The number of carbonyl (C=O) groups is 1. The highest BCUT2D eigenvalue weighted by Gasteiger charge is 2.35. The summed E-state index contributed by atoms with van der Waals surface area (Å²) in [6.45, 7) is 0.932. The molecule has 1 aromatic carbocycles. The van der Waals surface area contributed by atoms with Crippen LogP contribution in [-0.4, -0.2) is 51.4 Å². The molecule has 1 unspecified atom stereocenters. The Morgan fingerprint density at radius 2 is 1.97 bits per heavy atom. The van der Waals surface area contributed by atoms with Crippen molar-refractivity contribution in [1.29, 1.82) is 0 Å². The molecule has 0 N–H and O–H groups in total. The van der Waals surface area contributed by atoms with Crippen LogP contribution in [-0.2, 0) is 22.4 Å². The standard InChI is InChI=1S/C22H27ClN4O2/c1-29-18-12-15-11-16(23)6-9-19(15)27-20(13-18)24-25-22(27)14-4-7-17(8-5-14)26-10-2-3-21(26)28/h6,9,11,14,17-18H,2-5,7-8,10,12-13H2,1H3/t14-,17+,18?. The lowest BCUT2D eigenvalue weighted by Gasteiger charge is -2.34. The molecule has 1 amide bonds. The van der Waals surface area contributed by atoms with Crippen LogP contribution in [0.25, 0.3) is 5.69 Å². The highest BCUT2D eigenvalue weighted by molar-refractivity contribution is 6.30. The van der Waals surface area contributed by atoms with E-state index in [2.05, 4.69) is 25.7 Å². The number of likely N-dealkylation sites (tertiary alicyclic amines) is 1. The molecule has 2 aliphatic heterocycles. The van der Waals surface area contributed by atoms with Crippen LogP contribution >= 0.6 is 11.6 Å². The lowest BCUT2D eigenvalue weighted by molar-refractivity contribution is -0.130. The van der Waals surface area contributed by atoms with Crippen LogP contribution in [0.5, 0.6) is 0 Å². The Morgan fingerprint density at radius 3 is 2.69 bits per heavy atom. The molecule has 6 nitrogen and oxygen atoms in total. The number of fused-ring (bicyclic) bond motifs is 3. The molecule has 5 rings (SSSR count). The molecule has 1 saturated carbocycles. The summed E-state index contributed by atoms with van der Waals surface area (Å²) in [5.74, 6) is 2.71. The lowest BCUT2D eigenvalue weighted by Crippen LogP contribution is -2.38. The zero-order chi connectivity index (χ0) is 20.0. The maximum absolute atomic E-state index is 12.1. The summed E-state index contributed by atoms with van der Waals surface area (Å²) in [5.41, 5.74) is 2.31. The first-order valence-electron chi connectivity index (χ1n) is 10.7. The van der Waals surface area contributed by atoms with Gasteiger partial charge in [0.05, 0.1) is 11.8 Å². The molecule has 154 valence electrons. The molecule has 29 heavy (non-hydrogen) atoms. The second kappa shape index (κ2) is 7.73. The van der Waals surface area contributed by atoms with Crippen LogP contribution in [0.15, 0.2) is 18.2 Å². The zero-order valence-electron chi connectivity index (χ0n) is 16.8. The Bertz CT molecular complexity index is 920. The third kappa shape index (κ3) is 3.46. The first-order valence-corrected chi connectivity index (χ1v) is 11.1. The van der Waals surface area contributed by atoms with Gasteiger partial charge < -0.3 is 9.64 Å². The number of carbonyl (C=O) groups excluding carboxylic acids is 1. The van der Waals surface area contributed by atoms with Crippen molar-refractivity contribution in [2.45, 2.75) is 69.4 Å². The van der Waals surface area contributed by atoms with E-state index in [4.69, 9.17) is 16.3 Å². The third-order valence-corrected chi connectivity index (χ3v) is 7.08. The minimum atomic E-state index is 0.0717. The van der Waals surface area contributed by atoms with Gasteiger partial charge in [0.25, 0.3) is 0 Å². The summed E-state index contributed by atoms with van der Waals surface area (Å²) in [5, 5.41) is 9.93. The van der Waals surface area contributed by atoms with E-state index in [1.807, 2.05) is 12.1 Å². The number of amides is 1. The minimum absolute atomic E-state index is 0.0717. The molecule has 7 heteroatoms. The van der Waals surface area contributed by atoms with Crippen molar-refractivity contribution in [2.75, 3.05) is 13.7 Å². The number of nitrogens with zero attached hydrogens (tertiary/aromatic N) is 4. The molecular formula is C22H27ClN4O2. The molecule has 2 fully saturated rings. The van der Waals surface area contributed by atoms with Crippen LogP contribution < -0.4 is 0 Å². The van der Waals surface area contributed by atoms with Gasteiger partial charge >= 0.3 is 0 Å². The van der Waals surface area contributed by atoms with Gasteiger partial charge in [-0.15, -0.1) is 10.2 Å². The van der Waals surface area contributed by atoms with Gasteiger partial charge in [0.1, 0.15) is 11.6 Å². The molecule has 1 saturated heterocycles. The predicted molar refractivity (Wildman–Crippen MR) is 111 cm³/mol. The average Bonchev–Trinajstić information content (AvgIpc) is 3.30. The number of halogens is 1. The van der Waals surface area contributed by atoms with E-state index in [0.29, 0.717) is 17.9 Å². The number of ether oxygens (including phenoxy) is 1. The quantitative estimate of drug-likeness (QED) is 0.768. The van der Waals surface area contributed by atoms with Crippen molar-refractivity contribution in [3.63, 3.8) is 0 Å².